The van der Waals surface area contributed by atoms with E-state index in [9.17, 15) is 9.59 Å². The molecule has 22 heavy (non-hydrogen) atoms. The van der Waals surface area contributed by atoms with Gasteiger partial charge in [0.05, 0.1) is 12.6 Å². The minimum Gasteiger partial charge on any atom is -0.345 e. The highest BCUT2D eigenvalue weighted by Gasteiger charge is 2.24. The van der Waals surface area contributed by atoms with E-state index in [1.807, 2.05) is 0 Å². The fourth-order valence-electron chi connectivity index (χ4n) is 2.88. The minimum atomic E-state index is -0.0375. The summed E-state index contributed by atoms with van der Waals surface area (Å²) in [6, 6.07) is 7.61. The Balaban J connectivity index is 1.90. The fraction of sp³-hybridized carbons (Fsp3) is 0.529. The van der Waals surface area contributed by atoms with Crippen molar-refractivity contribution in [2.75, 3.05) is 32.5 Å². The van der Waals surface area contributed by atoms with Crippen LogP contribution in [-0.2, 0) is 4.79 Å². The van der Waals surface area contributed by atoms with E-state index in [1.165, 1.54) is 29.1 Å². The number of hydrogen-bond donors (Lipinski definition) is 2. The van der Waals surface area contributed by atoms with Gasteiger partial charge in [-0.05, 0) is 50.5 Å². The van der Waals surface area contributed by atoms with Gasteiger partial charge in [-0.25, -0.2) is 0 Å². The van der Waals surface area contributed by atoms with Crippen LogP contribution in [0.15, 0.2) is 24.3 Å². The van der Waals surface area contributed by atoms with E-state index in [1.54, 1.807) is 38.4 Å². The van der Waals surface area contributed by atoms with E-state index in [2.05, 4.69) is 12.2 Å². The molecular formula is C17H26N3O2+. The summed E-state index contributed by atoms with van der Waals surface area (Å²) in [5, 5.41) is 2.92. The number of benzene rings is 1. The number of anilines is 1. The molecule has 1 saturated heterocycles. The summed E-state index contributed by atoms with van der Waals surface area (Å²) >= 11 is 0. The van der Waals surface area contributed by atoms with Crippen LogP contribution in [0, 0.1) is 0 Å². The number of quaternary nitrogens is 1. The third-order valence-electron chi connectivity index (χ3n) is 4.29. The van der Waals surface area contributed by atoms with Crippen LogP contribution in [0.5, 0.6) is 0 Å². The molecular weight excluding hydrogens is 278 g/mol. The number of hydrogen-bond acceptors (Lipinski definition) is 2. The zero-order valence-corrected chi connectivity index (χ0v) is 13.7. The molecule has 0 saturated carbocycles. The standard InChI is InChI=1S/C17H25N3O2/c1-13-6-4-5-11-20(13)12-16(21)18-15-9-7-14(8-10-15)17(22)19(2)3/h7-10,13H,4-6,11-12H2,1-3H3,(H,18,21)/p+1/t13-/m1/s1. The van der Waals surface area contributed by atoms with E-state index >= 15 is 0 Å². The van der Waals surface area contributed by atoms with Crippen molar-refractivity contribution in [3.8, 4) is 0 Å². The van der Waals surface area contributed by atoms with E-state index in [0.717, 1.165) is 12.2 Å². The minimum absolute atomic E-state index is 0.0374. The summed E-state index contributed by atoms with van der Waals surface area (Å²) in [6.07, 6.45) is 3.67. The molecule has 1 heterocycles. The fourth-order valence-corrected chi connectivity index (χ4v) is 2.88. The Labute approximate surface area is 132 Å². The molecule has 0 radical (unpaired) electrons. The zero-order chi connectivity index (χ0) is 16.1. The maximum absolute atomic E-state index is 12.1. The molecule has 1 aromatic carbocycles. The van der Waals surface area contributed by atoms with Gasteiger partial charge in [-0.1, -0.05) is 0 Å². The normalized spacial score (nSPS) is 21.2. The molecule has 5 heteroatoms. The second-order valence-corrected chi connectivity index (χ2v) is 6.31. The molecule has 5 nitrogen and oxygen atoms in total. The first-order valence-corrected chi connectivity index (χ1v) is 7.93. The highest BCUT2D eigenvalue weighted by molar-refractivity contribution is 5.95. The summed E-state index contributed by atoms with van der Waals surface area (Å²) in [7, 11) is 3.45. The molecule has 120 valence electrons. The smallest absolute Gasteiger partial charge is 0.279 e. The van der Waals surface area contributed by atoms with Crippen LogP contribution in [0.25, 0.3) is 0 Å². The molecule has 2 amide bonds. The van der Waals surface area contributed by atoms with Crippen molar-refractivity contribution < 1.29 is 14.5 Å². The lowest BCUT2D eigenvalue weighted by Gasteiger charge is -2.29. The number of amides is 2. The van der Waals surface area contributed by atoms with Crippen LogP contribution < -0.4 is 10.2 Å². The number of carbonyl (C=O) groups excluding carboxylic acids is 2. The van der Waals surface area contributed by atoms with Crippen LogP contribution in [0.3, 0.4) is 0 Å². The monoisotopic (exact) mass is 304 g/mol. The average Bonchev–Trinajstić information content (AvgIpc) is 2.49. The summed E-state index contributed by atoms with van der Waals surface area (Å²) in [6.45, 7) is 3.80. The van der Waals surface area contributed by atoms with Crippen molar-refractivity contribution >= 4 is 17.5 Å². The predicted octanol–water partition coefficient (Wildman–Crippen LogP) is 0.784. The van der Waals surface area contributed by atoms with Gasteiger partial charge in [-0.15, -0.1) is 0 Å². The lowest BCUT2D eigenvalue weighted by molar-refractivity contribution is -0.920. The lowest BCUT2D eigenvalue weighted by Crippen LogP contribution is -3.17. The molecule has 2 rings (SSSR count). The third-order valence-corrected chi connectivity index (χ3v) is 4.29. The number of rotatable bonds is 4. The third kappa shape index (κ3) is 4.31. The molecule has 0 bridgehead atoms. The zero-order valence-electron chi connectivity index (χ0n) is 13.7. The van der Waals surface area contributed by atoms with E-state index in [0.29, 0.717) is 18.2 Å². The Bertz CT molecular complexity index is 525. The molecule has 0 aliphatic carbocycles. The van der Waals surface area contributed by atoms with Gasteiger partial charge in [0.2, 0.25) is 0 Å². The Morgan fingerprint density at radius 3 is 2.50 bits per heavy atom. The molecule has 1 fully saturated rings. The van der Waals surface area contributed by atoms with Crippen LogP contribution in [0.4, 0.5) is 5.69 Å². The maximum Gasteiger partial charge on any atom is 0.279 e. The Hall–Kier alpha value is -1.88. The van der Waals surface area contributed by atoms with Crippen molar-refractivity contribution in [3.63, 3.8) is 0 Å². The first kappa shape index (κ1) is 16.5. The summed E-state index contributed by atoms with van der Waals surface area (Å²) in [5.41, 5.74) is 1.36. The van der Waals surface area contributed by atoms with Gasteiger partial charge in [-0.2, -0.15) is 0 Å². The molecule has 1 aromatic rings. The van der Waals surface area contributed by atoms with Crippen LogP contribution in [0.1, 0.15) is 36.5 Å². The van der Waals surface area contributed by atoms with Gasteiger partial charge in [-0.3, -0.25) is 9.59 Å². The molecule has 2 atom stereocenters. The molecule has 1 unspecified atom stereocenters. The number of nitrogens with zero attached hydrogens (tertiary/aromatic N) is 1. The van der Waals surface area contributed by atoms with Gasteiger partial charge >= 0.3 is 0 Å². The van der Waals surface area contributed by atoms with Crippen molar-refractivity contribution in [2.24, 2.45) is 0 Å². The SMILES string of the molecule is C[C@@H]1CCCC[NH+]1CC(=O)Nc1ccc(C(=O)N(C)C)cc1. The summed E-state index contributed by atoms with van der Waals surface area (Å²) < 4.78 is 0. The molecule has 1 aliphatic rings. The van der Waals surface area contributed by atoms with Crippen molar-refractivity contribution in [1.82, 2.24) is 4.90 Å². The topological polar surface area (TPSA) is 53.9 Å². The average molecular weight is 304 g/mol. The first-order valence-electron chi connectivity index (χ1n) is 7.93. The van der Waals surface area contributed by atoms with Gasteiger partial charge in [0, 0.05) is 25.3 Å². The van der Waals surface area contributed by atoms with E-state index in [-0.39, 0.29) is 11.8 Å². The molecule has 0 spiro atoms. The first-order chi connectivity index (χ1) is 10.5. The maximum atomic E-state index is 12.1. The predicted molar refractivity (Wildman–Crippen MR) is 87.1 cm³/mol. The van der Waals surface area contributed by atoms with E-state index < -0.39 is 0 Å². The number of likely N-dealkylation sites (tertiary alicyclic amines) is 1. The molecule has 1 aliphatic heterocycles. The Morgan fingerprint density at radius 1 is 1.23 bits per heavy atom. The van der Waals surface area contributed by atoms with Gasteiger partial charge < -0.3 is 15.1 Å². The quantitative estimate of drug-likeness (QED) is 0.864. The van der Waals surface area contributed by atoms with Gasteiger partial charge in [0.1, 0.15) is 0 Å². The van der Waals surface area contributed by atoms with Gasteiger partial charge in [0.15, 0.2) is 6.54 Å². The van der Waals surface area contributed by atoms with Crippen molar-refractivity contribution in [2.45, 2.75) is 32.2 Å². The second-order valence-electron chi connectivity index (χ2n) is 6.31. The van der Waals surface area contributed by atoms with E-state index in [4.69, 9.17) is 0 Å². The Kier molecular flexibility index (Phi) is 5.55. The number of carbonyl (C=O) groups is 2. The van der Waals surface area contributed by atoms with Crippen LogP contribution in [-0.4, -0.2) is 49.9 Å². The summed E-state index contributed by atoms with van der Waals surface area (Å²) in [4.78, 5) is 26.9. The van der Waals surface area contributed by atoms with Crippen molar-refractivity contribution in [1.29, 1.82) is 0 Å². The van der Waals surface area contributed by atoms with Crippen molar-refractivity contribution in [3.05, 3.63) is 29.8 Å². The second kappa shape index (κ2) is 7.40. The summed E-state index contributed by atoms with van der Waals surface area (Å²) in [5.74, 6) is -0.0000939. The van der Waals surface area contributed by atoms with Crippen LogP contribution in [0.2, 0.25) is 0 Å². The molecule has 0 aromatic heterocycles. The highest BCUT2D eigenvalue weighted by Crippen LogP contribution is 2.10. The number of nitrogens with one attached hydrogen (secondary N) is 2. The molecule has 2 N–H and O–H groups in total. The largest absolute Gasteiger partial charge is 0.345 e. The van der Waals surface area contributed by atoms with Gasteiger partial charge in [0.25, 0.3) is 11.8 Å². The lowest BCUT2D eigenvalue weighted by atomic mass is 10.0. The Morgan fingerprint density at radius 2 is 1.91 bits per heavy atom. The van der Waals surface area contributed by atoms with Crippen LogP contribution >= 0.6 is 0 Å². The number of piperidine rings is 1. The highest BCUT2D eigenvalue weighted by atomic mass is 16.2.